The van der Waals surface area contributed by atoms with Crippen molar-refractivity contribution in [3.05, 3.63) is 23.8 Å². The lowest BCUT2D eigenvalue weighted by Gasteiger charge is -2.10. The fourth-order valence-corrected chi connectivity index (χ4v) is 1.38. The van der Waals surface area contributed by atoms with Crippen molar-refractivity contribution in [3.63, 3.8) is 0 Å². The molecule has 1 aromatic carbocycles. The van der Waals surface area contributed by atoms with Gasteiger partial charge < -0.3 is 9.47 Å². The van der Waals surface area contributed by atoms with Gasteiger partial charge in [-0.3, -0.25) is 4.79 Å². The predicted octanol–water partition coefficient (Wildman–Crippen LogP) is 2.30. The second kappa shape index (κ2) is 5.82. The van der Waals surface area contributed by atoms with Gasteiger partial charge in [0, 0.05) is 0 Å². The van der Waals surface area contributed by atoms with Crippen LogP contribution < -0.4 is 9.47 Å². The number of ketones is 1. The minimum Gasteiger partial charge on any atom is -0.496 e. The molecule has 0 atom stereocenters. The Morgan fingerprint density at radius 1 is 1.25 bits per heavy atom. The number of ether oxygens (including phenoxy) is 2. The first-order chi connectivity index (χ1) is 7.74. The number of Topliss-reactive ketones (excluding diaryl/α,β-unsaturated/α-hetero) is 1. The molecule has 0 saturated carbocycles. The Kier molecular flexibility index (Phi) is 4.41. The molecule has 0 heterocycles. The van der Waals surface area contributed by atoms with Crippen LogP contribution in [0, 0.1) is 11.8 Å². The monoisotopic (exact) mass is 218 g/mol. The Hall–Kier alpha value is -1.95. The molecule has 0 unspecified atom stereocenters. The molecule has 0 fully saturated rings. The van der Waals surface area contributed by atoms with E-state index in [-0.39, 0.29) is 12.2 Å². The molecular formula is C13H14O3. The summed E-state index contributed by atoms with van der Waals surface area (Å²) in [4.78, 5) is 11.9. The zero-order valence-corrected chi connectivity index (χ0v) is 9.66. The van der Waals surface area contributed by atoms with Crippen LogP contribution in [0.4, 0.5) is 0 Å². The van der Waals surface area contributed by atoms with Gasteiger partial charge in [0.2, 0.25) is 0 Å². The second-order valence-electron chi connectivity index (χ2n) is 3.06. The smallest absolute Gasteiger partial charge is 0.182 e. The molecule has 0 aromatic heterocycles. The Balaban J connectivity index is 3.15. The molecule has 84 valence electrons. The highest BCUT2D eigenvalue weighted by molar-refractivity contribution is 6.02. The Morgan fingerprint density at radius 2 is 1.81 bits per heavy atom. The van der Waals surface area contributed by atoms with Crippen molar-refractivity contribution >= 4 is 5.78 Å². The molecule has 0 aliphatic carbocycles. The number of hydrogen-bond acceptors (Lipinski definition) is 3. The largest absolute Gasteiger partial charge is 0.496 e. The summed E-state index contributed by atoms with van der Waals surface area (Å²) in [5.41, 5.74) is 0.454. The van der Waals surface area contributed by atoms with Gasteiger partial charge in [-0.1, -0.05) is 12.0 Å². The van der Waals surface area contributed by atoms with E-state index < -0.39 is 0 Å². The lowest BCUT2D eigenvalue weighted by Crippen LogP contribution is -2.04. The third-order valence-corrected chi connectivity index (χ3v) is 2.13. The van der Waals surface area contributed by atoms with Crippen LogP contribution in [0.1, 0.15) is 23.7 Å². The van der Waals surface area contributed by atoms with Crippen LogP contribution in [0.3, 0.4) is 0 Å². The average Bonchev–Trinajstić information content (AvgIpc) is 2.34. The number of carbonyl (C=O) groups is 1. The van der Waals surface area contributed by atoms with E-state index in [1.165, 1.54) is 14.2 Å². The lowest BCUT2D eigenvalue weighted by atomic mass is 10.1. The van der Waals surface area contributed by atoms with Crippen molar-refractivity contribution in [2.24, 2.45) is 0 Å². The summed E-state index contributed by atoms with van der Waals surface area (Å²) >= 11 is 0. The first-order valence-electron chi connectivity index (χ1n) is 4.88. The zero-order chi connectivity index (χ0) is 12.0. The molecule has 0 N–H and O–H groups in total. The Bertz CT molecular complexity index is 416. The number of hydrogen-bond donors (Lipinski definition) is 0. The molecule has 16 heavy (non-hydrogen) atoms. The van der Waals surface area contributed by atoms with Gasteiger partial charge in [0.05, 0.1) is 20.6 Å². The molecule has 0 bridgehead atoms. The minimum atomic E-state index is -0.0938. The topological polar surface area (TPSA) is 35.5 Å². The predicted molar refractivity (Wildman–Crippen MR) is 61.9 cm³/mol. The van der Waals surface area contributed by atoms with Crippen LogP contribution in [-0.4, -0.2) is 20.0 Å². The number of rotatable bonds is 4. The van der Waals surface area contributed by atoms with Crippen LogP contribution in [0.2, 0.25) is 0 Å². The summed E-state index contributed by atoms with van der Waals surface area (Å²) in [6.07, 6.45) is 0.174. The van der Waals surface area contributed by atoms with E-state index in [2.05, 4.69) is 11.8 Å². The average molecular weight is 218 g/mol. The number of benzene rings is 1. The van der Waals surface area contributed by atoms with E-state index in [0.717, 1.165) is 0 Å². The first kappa shape index (κ1) is 12.1. The maximum Gasteiger partial charge on any atom is 0.182 e. The summed E-state index contributed by atoms with van der Waals surface area (Å²) in [7, 11) is 3.05. The lowest BCUT2D eigenvalue weighted by molar-refractivity contribution is 0.0992. The molecular weight excluding hydrogens is 204 g/mol. The molecule has 3 nitrogen and oxygen atoms in total. The van der Waals surface area contributed by atoms with Crippen LogP contribution in [0.15, 0.2) is 18.2 Å². The van der Waals surface area contributed by atoms with Gasteiger partial charge in [-0.15, -0.1) is 5.92 Å². The maximum atomic E-state index is 11.9. The van der Waals surface area contributed by atoms with E-state index >= 15 is 0 Å². The van der Waals surface area contributed by atoms with Crippen LogP contribution in [0.5, 0.6) is 11.5 Å². The summed E-state index contributed by atoms with van der Waals surface area (Å²) in [6.45, 7) is 1.70. The molecule has 1 aromatic rings. The Labute approximate surface area is 95.4 Å². The number of carbonyl (C=O) groups excluding carboxylic acids is 1. The van der Waals surface area contributed by atoms with Crippen LogP contribution >= 0.6 is 0 Å². The summed E-state index contributed by atoms with van der Waals surface area (Å²) in [5, 5.41) is 0. The first-order valence-corrected chi connectivity index (χ1v) is 4.88. The van der Waals surface area contributed by atoms with Crippen molar-refractivity contribution in [3.8, 4) is 23.3 Å². The summed E-state index contributed by atoms with van der Waals surface area (Å²) in [5.74, 6) is 6.37. The quantitative estimate of drug-likeness (QED) is 0.574. The molecule has 0 amide bonds. The fraction of sp³-hybridized carbons (Fsp3) is 0.308. The molecule has 1 rings (SSSR count). The second-order valence-corrected chi connectivity index (χ2v) is 3.06. The zero-order valence-electron chi connectivity index (χ0n) is 9.66. The van der Waals surface area contributed by atoms with E-state index in [1.54, 1.807) is 25.1 Å². The highest BCUT2D eigenvalue weighted by Crippen LogP contribution is 2.29. The summed E-state index contributed by atoms with van der Waals surface area (Å²) < 4.78 is 10.3. The van der Waals surface area contributed by atoms with E-state index in [4.69, 9.17) is 9.47 Å². The van der Waals surface area contributed by atoms with Gasteiger partial charge in [0.1, 0.15) is 17.1 Å². The van der Waals surface area contributed by atoms with Crippen molar-refractivity contribution in [2.45, 2.75) is 13.3 Å². The van der Waals surface area contributed by atoms with Gasteiger partial charge in [0.15, 0.2) is 5.78 Å². The van der Waals surface area contributed by atoms with Crippen molar-refractivity contribution in [1.82, 2.24) is 0 Å². The minimum absolute atomic E-state index is 0.0938. The normalized spacial score (nSPS) is 8.94. The molecule has 0 aliphatic heterocycles. The van der Waals surface area contributed by atoms with Gasteiger partial charge in [0.25, 0.3) is 0 Å². The van der Waals surface area contributed by atoms with Crippen LogP contribution in [-0.2, 0) is 0 Å². The van der Waals surface area contributed by atoms with Gasteiger partial charge in [-0.2, -0.15) is 0 Å². The van der Waals surface area contributed by atoms with Gasteiger partial charge in [-0.25, -0.2) is 0 Å². The molecule has 3 heteroatoms. The number of methoxy groups -OCH3 is 2. The van der Waals surface area contributed by atoms with Gasteiger partial charge in [-0.05, 0) is 19.1 Å². The third-order valence-electron chi connectivity index (χ3n) is 2.13. The molecule has 0 radical (unpaired) electrons. The van der Waals surface area contributed by atoms with Crippen molar-refractivity contribution in [2.75, 3.05) is 14.2 Å². The Morgan fingerprint density at radius 3 is 2.25 bits per heavy atom. The van der Waals surface area contributed by atoms with Gasteiger partial charge >= 0.3 is 0 Å². The van der Waals surface area contributed by atoms with E-state index in [9.17, 15) is 4.79 Å². The molecule has 0 aliphatic rings. The summed E-state index contributed by atoms with van der Waals surface area (Å²) in [6, 6.07) is 5.24. The maximum absolute atomic E-state index is 11.9. The van der Waals surface area contributed by atoms with Crippen molar-refractivity contribution in [1.29, 1.82) is 0 Å². The third kappa shape index (κ3) is 2.54. The van der Waals surface area contributed by atoms with Crippen LogP contribution in [0.25, 0.3) is 0 Å². The van der Waals surface area contributed by atoms with E-state index in [1.807, 2.05) is 0 Å². The van der Waals surface area contributed by atoms with Crippen molar-refractivity contribution < 1.29 is 14.3 Å². The highest BCUT2D eigenvalue weighted by atomic mass is 16.5. The standard InChI is InChI=1S/C13H14O3/c1-4-5-7-10(14)13-11(15-2)8-6-9-12(13)16-3/h6,8-9H,7H2,1-3H3. The molecule has 0 spiro atoms. The molecule has 0 saturated heterocycles. The van der Waals surface area contributed by atoms with E-state index in [0.29, 0.717) is 17.1 Å². The SMILES string of the molecule is CC#CCC(=O)c1c(OC)cccc1OC. The highest BCUT2D eigenvalue weighted by Gasteiger charge is 2.16. The fourth-order valence-electron chi connectivity index (χ4n) is 1.38.